The summed E-state index contributed by atoms with van der Waals surface area (Å²) in [5.74, 6) is -0.988. The predicted molar refractivity (Wildman–Crippen MR) is 86.2 cm³/mol. The molecule has 0 radical (unpaired) electrons. The van der Waals surface area contributed by atoms with Crippen molar-refractivity contribution in [2.75, 3.05) is 18.1 Å². The third-order valence-electron chi connectivity index (χ3n) is 2.84. The van der Waals surface area contributed by atoms with Crippen molar-refractivity contribution in [1.82, 2.24) is 5.32 Å². The van der Waals surface area contributed by atoms with E-state index in [2.05, 4.69) is 5.32 Å². The highest BCUT2D eigenvalue weighted by molar-refractivity contribution is 8.13. The van der Waals surface area contributed by atoms with Crippen molar-refractivity contribution in [3.63, 3.8) is 0 Å². The van der Waals surface area contributed by atoms with E-state index in [0.717, 1.165) is 17.3 Å². The number of hydrogen-bond acceptors (Lipinski definition) is 5. The first-order chi connectivity index (χ1) is 10.3. The number of amides is 1. The van der Waals surface area contributed by atoms with Gasteiger partial charge in [0.25, 0.3) is 10.1 Å². The highest BCUT2D eigenvalue weighted by Crippen LogP contribution is 2.15. The van der Waals surface area contributed by atoms with Crippen LogP contribution in [0, 0.1) is 5.92 Å². The average molecular weight is 345 g/mol. The summed E-state index contributed by atoms with van der Waals surface area (Å²) in [4.78, 5) is 23.2. The zero-order valence-corrected chi connectivity index (χ0v) is 13.8. The van der Waals surface area contributed by atoms with E-state index in [1.165, 1.54) is 6.92 Å². The summed E-state index contributed by atoms with van der Waals surface area (Å²) in [6.07, 6.45) is 0.457. The van der Waals surface area contributed by atoms with Gasteiger partial charge in [-0.25, -0.2) is 0 Å². The summed E-state index contributed by atoms with van der Waals surface area (Å²) >= 11 is 1.06. The molecule has 1 aromatic carbocycles. The van der Waals surface area contributed by atoms with E-state index in [1.54, 1.807) is 0 Å². The van der Waals surface area contributed by atoms with Gasteiger partial charge in [0.2, 0.25) is 5.91 Å². The lowest BCUT2D eigenvalue weighted by atomic mass is 10.0. The maximum absolute atomic E-state index is 12.1. The quantitative estimate of drug-likeness (QED) is 0.685. The minimum Gasteiger partial charge on any atom is -0.355 e. The Hall–Kier alpha value is -1.38. The topological polar surface area (TPSA) is 101 Å². The fourth-order valence-corrected chi connectivity index (χ4v) is 2.86. The molecule has 1 aromatic rings. The zero-order valence-electron chi connectivity index (χ0n) is 12.2. The molecule has 0 fully saturated rings. The Balaban J connectivity index is 2.63. The smallest absolute Gasteiger partial charge is 0.266 e. The van der Waals surface area contributed by atoms with Crippen LogP contribution in [-0.4, -0.2) is 42.0 Å². The minimum absolute atomic E-state index is 0.0798. The number of hydrogen-bond donors (Lipinski definition) is 2. The zero-order chi connectivity index (χ0) is 16.6. The average Bonchev–Trinajstić information content (AvgIpc) is 2.42. The highest BCUT2D eigenvalue weighted by atomic mass is 32.2. The number of carbonyl (C=O) groups is 2. The van der Waals surface area contributed by atoms with Crippen LogP contribution in [0.4, 0.5) is 0 Å². The third-order valence-corrected chi connectivity index (χ3v) is 4.54. The Morgan fingerprint density at radius 3 is 2.45 bits per heavy atom. The van der Waals surface area contributed by atoms with Gasteiger partial charge in [0.15, 0.2) is 5.12 Å². The van der Waals surface area contributed by atoms with Crippen molar-refractivity contribution in [2.24, 2.45) is 5.92 Å². The first-order valence-corrected chi connectivity index (χ1v) is 9.27. The number of benzene rings is 1. The Kier molecular flexibility index (Phi) is 7.57. The fraction of sp³-hybridized carbons (Fsp3) is 0.429. The van der Waals surface area contributed by atoms with E-state index >= 15 is 0 Å². The molecule has 122 valence electrons. The molecule has 0 unspecified atom stereocenters. The van der Waals surface area contributed by atoms with E-state index in [0.29, 0.717) is 12.2 Å². The third kappa shape index (κ3) is 8.16. The summed E-state index contributed by atoms with van der Waals surface area (Å²) in [5.41, 5.74) is 0.960. The molecule has 2 N–H and O–H groups in total. The SMILES string of the molecule is CC(=O)SC[C@H](Cc1ccccc1)C(=O)NCCS(=O)(=O)O. The molecule has 1 rings (SSSR count). The van der Waals surface area contributed by atoms with Crippen molar-refractivity contribution >= 4 is 32.9 Å². The molecule has 0 aliphatic rings. The lowest BCUT2D eigenvalue weighted by Gasteiger charge is -2.16. The normalized spacial score (nSPS) is 12.6. The van der Waals surface area contributed by atoms with E-state index in [4.69, 9.17) is 4.55 Å². The van der Waals surface area contributed by atoms with Gasteiger partial charge in [0.05, 0.1) is 11.7 Å². The van der Waals surface area contributed by atoms with E-state index in [1.807, 2.05) is 30.3 Å². The second-order valence-electron chi connectivity index (χ2n) is 4.77. The Labute approximate surface area is 134 Å². The molecule has 0 saturated carbocycles. The molecule has 6 nitrogen and oxygen atoms in total. The standard InChI is InChI=1S/C14H19NO5S2/c1-11(16)21-10-13(9-12-5-3-2-4-6-12)14(17)15-7-8-22(18,19)20/h2-6,13H,7-10H2,1H3,(H,15,17)(H,18,19,20)/t13-/m0/s1. The van der Waals surface area contributed by atoms with Crippen molar-refractivity contribution < 1.29 is 22.6 Å². The lowest BCUT2D eigenvalue weighted by Crippen LogP contribution is -2.36. The fourth-order valence-electron chi connectivity index (χ4n) is 1.79. The van der Waals surface area contributed by atoms with Crippen LogP contribution in [0.15, 0.2) is 30.3 Å². The Bertz CT molecular complexity index is 601. The van der Waals surface area contributed by atoms with Gasteiger partial charge in [0, 0.05) is 19.2 Å². The molecule has 0 aliphatic heterocycles. The molecule has 1 atom stereocenters. The maximum atomic E-state index is 12.1. The summed E-state index contributed by atoms with van der Waals surface area (Å²) in [6, 6.07) is 9.37. The van der Waals surface area contributed by atoms with Crippen molar-refractivity contribution in [1.29, 1.82) is 0 Å². The van der Waals surface area contributed by atoms with Gasteiger partial charge in [-0.2, -0.15) is 8.42 Å². The van der Waals surface area contributed by atoms with E-state index in [9.17, 15) is 18.0 Å². The van der Waals surface area contributed by atoms with Gasteiger partial charge in [-0.15, -0.1) is 0 Å². The Morgan fingerprint density at radius 1 is 1.27 bits per heavy atom. The first-order valence-electron chi connectivity index (χ1n) is 6.68. The summed E-state index contributed by atoms with van der Waals surface area (Å²) in [7, 11) is -4.10. The van der Waals surface area contributed by atoms with Crippen LogP contribution >= 0.6 is 11.8 Å². The van der Waals surface area contributed by atoms with Crippen LogP contribution in [0.3, 0.4) is 0 Å². The van der Waals surface area contributed by atoms with Crippen LogP contribution in [0.1, 0.15) is 12.5 Å². The van der Waals surface area contributed by atoms with E-state index < -0.39 is 21.8 Å². The van der Waals surface area contributed by atoms with Gasteiger partial charge >= 0.3 is 0 Å². The first kappa shape index (κ1) is 18.7. The lowest BCUT2D eigenvalue weighted by molar-refractivity contribution is -0.124. The summed E-state index contributed by atoms with van der Waals surface area (Å²) in [6.45, 7) is 1.27. The molecule has 0 aliphatic carbocycles. The van der Waals surface area contributed by atoms with Crippen LogP contribution in [0.2, 0.25) is 0 Å². The molecular formula is C14H19NO5S2. The van der Waals surface area contributed by atoms with Gasteiger partial charge < -0.3 is 5.32 Å². The largest absolute Gasteiger partial charge is 0.355 e. The molecule has 1 amide bonds. The monoisotopic (exact) mass is 345 g/mol. The molecule has 0 spiro atoms. The maximum Gasteiger partial charge on any atom is 0.266 e. The predicted octanol–water partition coefficient (Wildman–Crippen LogP) is 1.13. The molecule has 0 saturated heterocycles. The van der Waals surface area contributed by atoms with Crippen LogP contribution < -0.4 is 5.32 Å². The van der Waals surface area contributed by atoms with Crippen LogP contribution in [-0.2, 0) is 26.1 Å². The van der Waals surface area contributed by atoms with Gasteiger partial charge in [-0.05, 0) is 12.0 Å². The number of nitrogens with one attached hydrogen (secondary N) is 1. The van der Waals surface area contributed by atoms with Crippen molar-refractivity contribution in [3.8, 4) is 0 Å². The molecule has 0 bridgehead atoms. The minimum atomic E-state index is -4.10. The van der Waals surface area contributed by atoms with Gasteiger partial charge in [-0.3, -0.25) is 14.1 Å². The second kappa shape index (κ2) is 8.92. The number of thioether (sulfide) groups is 1. The number of carbonyl (C=O) groups excluding carboxylic acids is 2. The van der Waals surface area contributed by atoms with Crippen LogP contribution in [0.5, 0.6) is 0 Å². The molecule has 0 heterocycles. The van der Waals surface area contributed by atoms with Crippen molar-refractivity contribution in [2.45, 2.75) is 13.3 Å². The van der Waals surface area contributed by atoms with Gasteiger partial charge in [-0.1, -0.05) is 42.1 Å². The summed E-state index contributed by atoms with van der Waals surface area (Å²) in [5, 5.41) is 2.40. The molecule has 22 heavy (non-hydrogen) atoms. The Morgan fingerprint density at radius 2 is 1.91 bits per heavy atom. The van der Waals surface area contributed by atoms with E-state index in [-0.39, 0.29) is 17.6 Å². The molecule has 0 aromatic heterocycles. The van der Waals surface area contributed by atoms with Crippen LogP contribution in [0.25, 0.3) is 0 Å². The number of rotatable bonds is 8. The van der Waals surface area contributed by atoms with Crippen molar-refractivity contribution in [3.05, 3.63) is 35.9 Å². The highest BCUT2D eigenvalue weighted by Gasteiger charge is 2.20. The molecular weight excluding hydrogens is 326 g/mol. The molecule has 8 heteroatoms. The summed E-state index contributed by atoms with van der Waals surface area (Å²) < 4.78 is 29.9. The van der Waals surface area contributed by atoms with Gasteiger partial charge in [0.1, 0.15) is 0 Å². The second-order valence-corrected chi connectivity index (χ2v) is 7.54.